The Morgan fingerprint density at radius 3 is 2.71 bits per heavy atom. The molecular formula is C16H24N2O3. The number of hydrogen-bond acceptors (Lipinski definition) is 5. The van der Waals surface area contributed by atoms with Gasteiger partial charge in [0, 0.05) is 37.8 Å². The number of rotatable bonds is 4. The average molecular weight is 292 g/mol. The van der Waals surface area contributed by atoms with Crippen molar-refractivity contribution < 1.29 is 14.6 Å². The molecule has 5 heteroatoms. The van der Waals surface area contributed by atoms with E-state index in [0.717, 1.165) is 32.4 Å². The van der Waals surface area contributed by atoms with Gasteiger partial charge in [0.2, 0.25) is 0 Å². The lowest BCUT2D eigenvalue weighted by molar-refractivity contribution is -0.205. The molecule has 1 spiro atoms. The van der Waals surface area contributed by atoms with Gasteiger partial charge in [0.05, 0.1) is 19.3 Å². The van der Waals surface area contributed by atoms with Gasteiger partial charge in [0.15, 0.2) is 5.79 Å². The summed E-state index contributed by atoms with van der Waals surface area (Å²) in [5, 5.41) is 10.4. The van der Waals surface area contributed by atoms with Gasteiger partial charge in [0.1, 0.15) is 0 Å². The predicted octanol–water partition coefficient (Wildman–Crippen LogP) is 1.56. The average Bonchev–Trinajstić information content (AvgIpc) is 2.97. The maximum Gasteiger partial charge on any atom is 0.170 e. The van der Waals surface area contributed by atoms with E-state index < -0.39 is 5.79 Å². The van der Waals surface area contributed by atoms with E-state index in [2.05, 4.69) is 16.8 Å². The van der Waals surface area contributed by atoms with Crippen LogP contribution in [0.2, 0.25) is 0 Å². The highest BCUT2D eigenvalue weighted by Crippen LogP contribution is 2.38. The smallest absolute Gasteiger partial charge is 0.170 e. The van der Waals surface area contributed by atoms with Gasteiger partial charge in [-0.05, 0) is 30.7 Å². The first-order chi connectivity index (χ1) is 10.2. The van der Waals surface area contributed by atoms with Crippen LogP contribution in [-0.4, -0.2) is 52.7 Å². The van der Waals surface area contributed by atoms with E-state index in [4.69, 9.17) is 9.47 Å². The van der Waals surface area contributed by atoms with Crippen molar-refractivity contribution in [1.29, 1.82) is 0 Å². The first-order valence-corrected chi connectivity index (χ1v) is 7.81. The van der Waals surface area contributed by atoms with Crippen LogP contribution in [0.4, 0.5) is 0 Å². The van der Waals surface area contributed by atoms with Crippen molar-refractivity contribution in [1.82, 2.24) is 9.88 Å². The van der Waals surface area contributed by atoms with E-state index in [0.29, 0.717) is 13.2 Å². The lowest BCUT2D eigenvalue weighted by atomic mass is 9.86. The number of ether oxygens (including phenoxy) is 2. The number of aromatic nitrogens is 1. The van der Waals surface area contributed by atoms with Gasteiger partial charge in [-0.2, -0.15) is 0 Å². The Balaban J connectivity index is 1.72. The molecule has 5 nitrogen and oxygen atoms in total. The minimum atomic E-state index is -0.463. The summed E-state index contributed by atoms with van der Waals surface area (Å²) in [7, 11) is 0. The predicted molar refractivity (Wildman–Crippen MR) is 78.6 cm³/mol. The van der Waals surface area contributed by atoms with Crippen LogP contribution in [-0.2, 0) is 16.0 Å². The number of likely N-dealkylation sites (N-methyl/N-ethyl adjacent to an activating group) is 1. The number of nitrogens with zero attached hydrogens (tertiary/aromatic N) is 2. The molecule has 2 atom stereocenters. The molecule has 1 aliphatic heterocycles. The Hall–Kier alpha value is -1.01. The van der Waals surface area contributed by atoms with Gasteiger partial charge in [-0.1, -0.05) is 6.92 Å². The Bertz CT molecular complexity index is 448. The number of aliphatic hydroxyl groups excluding tert-OH is 1. The molecule has 0 radical (unpaired) electrons. The minimum absolute atomic E-state index is 0.0787. The third kappa shape index (κ3) is 3.26. The highest BCUT2D eigenvalue weighted by atomic mass is 16.7. The zero-order chi connectivity index (χ0) is 14.7. The second-order valence-electron chi connectivity index (χ2n) is 5.90. The SMILES string of the molecule is CCN(Cc1ccncc1)C1CC2(CCC1O)OCCO2. The molecule has 1 saturated carbocycles. The normalized spacial score (nSPS) is 28.3. The summed E-state index contributed by atoms with van der Waals surface area (Å²) in [5.41, 5.74) is 1.21. The monoisotopic (exact) mass is 292 g/mol. The van der Waals surface area contributed by atoms with Crippen molar-refractivity contribution in [2.24, 2.45) is 0 Å². The van der Waals surface area contributed by atoms with Crippen molar-refractivity contribution in [2.45, 2.75) is 50.7 Å². The third-order valence-corrected chi connectivity index (χ3v) is 4.61. The summed E-state index contributed by atoms with van der Waals surface area (Å²) in [4.78, 5) is 6.37. The Kier molecular flexibility index (Phi) is 4.54. The summed E-state index contributed by atoms with van der Waals surface area (Å²) < 4.78 is 11.7. The molecular weight excluding hydrogens is 268 g/mol. The molecule has 1 aromatic heterocycles. The van der Waals surface area contributed by atoms with E-state index >= 15 is 0 Å². The Morgan fingerprint density at radius 2 is 2.05 bits per heavy atom. The maximum atomic E-state index is 10.4. The zero-order valence-corrected chi connectivity index (χ0v) is 12.6. The van der Waals surface area contributed by atoms with Gasteiger partial charge in [0.25, 0.3) is 0 Å². The van der Waals surface area contributed by atoms with E-state index in [-0.39, 0.29) is 12.1 Å². The van der Waals surface area contributed by atoms with E-state index in [1.807, 2.05) is 24.5 Å². The Morgan fingerprint density at radius 1 is 1.33 bits per heavy atom. The van der Waals surface area contributed by atoms with Crippen molar-refractivity contribution in [3.63, 3.8) is 0 Å². The van der Waals surface area contributed by atoms with Crippen LogP contribution in [0, 0.1) is 0 Å². The lowest BCUT2D eigenvalue weighted by Crippen LogP contribution is -2.53. The molecule has 0 amide bonds. The standard InChI is InChI=1S/C16H24N2O3/c1-2-18(12-13-4-7-17-8-5-13)14-11-16(6-3-15(14)19)20-9-10-21-16/h4-5,7-8,14-15,19H,2-3,6,9-12H2,1H3. The van der Waals surface area contributed by atoms with E-state index in [1.54, 1.807) is 0 Å². The third-order valence-electron chi connectivity index (χ3n) is 4.61. The van der Waals surface area contributed by atoms with Crippen LogP contribution in [0.5, 0.6) is 0 Å². The molecule has 1 aromatic rings. The fraction of sp³-hybridized carbons (Fsp3) is 0.688. The Labute approximate surface area is 125 Å². The fourth-order valence-corrected chi connectivity index (χ4v) is 3.43. The number of pyridine rings is 1. The molecule has 116 valence electrons. The van der Waals surface area contributed by atoms with E-state index in [9.17, 15) is 5.11 Å². The van der Waals surface area contributed by atoms with E-state index in [1.165, 1.54) is 5.56 Å². The van der Waals surface area contributed by atoms with Crippen LogP contribution in [0.25, 0.3) is 0 Å². The van der Waals surface area contributed by atoms with Gasteiger partial charge in [-0.25, -0.2) is 0 Å². The lowest BCUT2D eigenvalue weighted by Gasteiger charge is -2.43. The van der Waals surface area contributed by atoms with Gasteiger partial charge < -0.3 is 14.6 Å². The maximum absolute atomic E-state index is 10.4. The first kappa shape index (κ1) is 14.9. The summed E-state index contributed by atoms with van der Waals surface area (Å²) in [6, 6.07) is 4.13. The van der Waals surface area contributed by atoms with Crippen LogP contribution in [0.1, 0.15) is 31.7 Å². The molecule has 1 saturated heterocycles. The second kappa shape index (κ2) is 6.40. The zero-order valence-electron chi connectivity index (χ0n) is 12.6. The summed E-state index contributed by atoms with van der Waals surface area (Å²) >= 11 is 0. The molecule has 2 aliphatic rings. The van der Waals surface area contributed by atoms with Gasteiger partial charge in [-0.15, -0.1) is 0 Å². The molecule has 1 N–H and O–H groups in total. The molecule has 1 aliphatic carbocycles. The van der Waals surface area contributed by atoms with Crippen LogP contribution in [0.15, 0.2) is 24.5 Å². The largest absolute Gasteiger partial charge is 0.391 e. The minimum Gasteiger partial charge on any atom is -0.391 e. The van der Waals surface area contributed by atoms with Crippen LogP contribution >= 0.6 is 0 Å². The molecule has 0 aromatic carbocycles. The first-order valence-electron chi connectivity index (χ1n) is 7.81. The molecule has 3 rings (SSSR count). The molecule has 2 fully saturated rings. The molecule has 2 unspecified atom stereocenters. The highest BCUT2D eigenvalue weighted by Gasteiger charge is 2.46. The fourth-order valence-electron chi connectivity index (χ4n) is 3.43. The molecule has 0 bridgehead atoms. The van der Waals surface area contributed by atoms with Crippen molar-refractivity contribution >= 4 is 0 Å². The van der Waals surface area contributed by atoms with Crippen molar-refractivity contribution in [2.75, 3.05) is 19.8 Å². The second-order valence-corrected chi connectivity index (χ2v) is 5.90. The summed E-state index contributed by atoms with van der Waals surface area (Å²) in [6.07, 6.45) is 5.57. The summed E-state index contributed by atoms with van der Waals surface area (Å²) in [5.74, 6) is -0.463. The quantitative estimate of drug-likeness (QED) is 0.912. The van der Waals surface area contributed by atoms with Gasteiger partial charge >= 0.3 is 0 Å². The molecule has 21 heavy (non-hydrogen) atoms. The van der Waals surface area contributed by atoms with Crippen molar-refractivity contribution in [3.05, 3.63) is 30.1 Å². The van der Waals surface area contributed by atoms with Gasteiger partial charge in [-0.3, -0.25) is 9.88 Å². The molecule has 2 heterocycles. The summed E-state index contributed by atoms with van der Waals surface area (Å²) in [6.45, 7) is 5.17. The number of aliphatic hydroxyl groups is 1. The number of hydrogen-bond donors (Lipinski definition) is 1. The van der Waals surface area contributed by atoms with Crippen molar-refractivity contribution in [3.8, 4) is 0 Å². The van der Waals surface area contributed by atoms with Crippen LogP contribution in [0.3, 0.4) is 0 Å². The highest BCUT2D eigenvalue weighted by molar-refractivity contribution is 5.10. The van der Waals surface area contributed by atoms with Crippen LogP contribution < -0.4 is 0 Å². The topological polar surface area (TPSA) is 54.8 Å².